The van der Waals surface area contributed by atoms with Crippen LogP contribution in [-0.4, -0.2) is 145 Å². The summed E-state index contributed by atoms with van der Waals surface area (Å²) in [7, 11) is 0. The Labute approximate surface area is 314 Å². The number of amides is 4. The first-order chi connectivity index (χ1) is 25.7. The predicted octanol–water partition coefficient (Wildman–Crippen LogP) is 4.26. The first kappa shape index (κ1) is 38.2. The van der Waals surface area contributed by atoms with Gasteiger partial charge < -0.3 is 19.3 Å². The molecule has 2 saturated heterocycles. The lowest BCUT2D eigenvalue weighted by Gasteiger charge is -2.27. The van der Waals surface area contributed by atoms with Gasteiger partial charge in [0.05, 0.1) is 75.3 Å². The standard InChI is InChI=1S/C37H48N10O7/c1-9-11-51-46-31-13-29(19-42(21-31)33(46)48)44-17-27(15-40-44)25(3)38-23-36(5,6)53-35(50)54-37(7,8)24-39-26(4)28-16-41-45(18-28)30-14-32-22-43(20-30)34(49)47(32)52-12-10-2/h9-10,13-18,31-32H,1-2,11-12,19-24H2,3-8H3. The highest BCUT2D eigenvalue weighted by molar-refractivity contribution is 5.99. The van der Waals surface area contributed by atoms with E-state index >= 15 is 0 Å². The minimum Gasteiger partial charge on any atom is -0.426 e. The zero-order valence-corrected chi connectivity index (χ0v) is 31.7. The van der Waals surface area contributed by atoms with E-state index in [2.05, 4.69) is 33.3 Å². The molecule has 0 radical (unpaired) electrons. The van der Waals surface area contributed by atoms with E-state index in [1.54, 1.807) is 71.4 Å². The number of hydrogen-bond donors (Lipinski definition) is 0. The second kappa shape index (κ2) is 15.4. The summed E-state index contributed by atoms with van der Waals surface area (Å²) in [6.45, 7) is 20.9. The molecular weight excluding hydrogens is 696 g/mol. The van der Waals surface area contributed by atoms with Gasteiger partial charge >= 0.3 is 18.2 Å². The van der Waals surface area contributed by atoms with Gasteiger partial charge in [-0.15, -0.1) is 13.2 Å². The Morgan fingerprint density at radius 3 is 1.57 bits per heavy atom. The topological polar surface area (TPSA) is 161 Å². The Hall–Kier alpha value is -5.55. The average Bonchev–Trinajstić information content (AvgIpc) is 3.91. The van der Waals surface area contributed by atoms with Crippen molar-refractivity contribution in [3.8, 4) is 0 Å². The molecule has 2 aromatic rings. The summed E-state index contributed by atoms with van der Waals surface area (Å²) in [6, 6.07) is -0.790. The fourth-order valence-corrected chi connectivity index (χ4v) is 6.30. The monoisotopic (exact) mass is 744 g/mol. The van der Waals surface area contributed by atoms with Crippen molar-refractivity contribution in [2.24, 2.45) is 9.98 Å². The smallest absolute Gasteiger partial charge is 0.426 e. The normalized spacial score (nSPS) is 20.4. The molecule has 0 saturated carbocycles. The number of fused-ring (bicyclic) bond motifs is 4. The van der Waals surface area contributed by atoms with Crippen molar-refractivity contribution in [1.29, 1.82) is 0 Å². The zero-order valence-electron chi connectivity index (χ0n) is 31.7. The van der Waals surface area contributed by atoms with Crippen LogP contribution in [0.1, 0.15) is 52.7 Å². The van der Waals surface area contributed by atoms with Crippen molar-refractivity contribution in [3.63, 3.8) is 0 Å². The number of aromatic nitrogens is 4. The van der Waals surface area contributed by atoms with Crippen LogP contribution in [0, 0.1) is 0 Å². The molecule has 4 amide bonds. The average molecular weight is 745 g/mol. The number of carbonyl (C=O) groups is 3. The molecule has 54 heavy (non-hydrogen) atoms. The zero-order chi connectivity index (χ0) is 38.8. The molecule has 0 N–H and O–H groups in total. The number of nitrogens with zero attached hydrogens (tertiary/aromatic N) is 10. The lowest BCUT2D eigenvalue weighted by Crippen LogP contribution is -2.37. The van der Waals surface area contributed by atoms with Crippen LogP contribution in [-0.2, 0) is 19.1 Å². The molecular formula is C37H48N10O7. The van der Waals surface area contributed by atoms with Gasteiger partial charge in [0, 0.05) is 48.0 Å². The van der Waals surface area contributed by atoms with Gasteiger partial charge in [-0.2, -0.15) is 20.3 Å². The molecule has 6 heterocycles. The first-order valence-electron chi connectivity index (χ1n) is 17.8. The first-order valence-corrected chi connectivity index (χ1v) is 17.8. The van der Waals surface area contributed by atoms with E-state index in [4.69, 9.17) is 19.1 Å². The fraction of sp³-hybridized carbons (Fsp3) is 0.486. The Bertz CT molecular complexity index is 1790. The van der Waals surface area contributed by atoms with Gasteiger partial charge in [0.2, 0.25) is 0 Å². The lowest BCUT2D eigenvalue weighted by molar-refractivity contribution is -0.107. The van der Waals surface area contributed by atoms with Crippen molar-refractivity contribution in [1.82, 2.24) is 39.5 Å². The highest BCUT2D eigenvalue weighted by Crippen LogP contribution is 2.28. The van der Waals surface area contributed by atoms with E-state index in [9.17, 15) is 14.4 Å². The van der Waals surface area contributed by atoms with Gasteiger partial charge in [0.15, 0.2) is 0 Å². The van der Waals surface area contributed by atoms with Gasteiger partial charge in [-0.1, -0.05) is 12.2 Å². The molecule has 2 fully saturated rings. The van der Waals surface area contributed by atoms with Gasteiger partial charge in [0.1, 0.15) is 11.2 Å². The second-order valence-electron chi connectivity index (χ2n) is 14.7. The number of carbonyl (C=O) groups excluding carboxylic acids is 3. The molecule has 0 aliphatic carbocycles. The number of hydroxylamine groups is 4. The minimum atomic E-state index is -0.963. The summed E-state index contributed by atoms with van der Waals surface area (Å²) in [6.07, 6.45) is 13.5. The number of aliphatic imine (C=N–C) groups is 2. The third-order valence-electron chi connectivity index (χ3n) is 9.18. The van der Waals surface area contributed by atoms with Crippen LogP contribution in [0.5, 0.6) is 0 Å². The molecule has 4 aliphatic rings. The summed E-state index contributed by atoms with van der Waals surface area (Å²) in [5.41, 5.74) is 2.80. The number of urea groups is 2. The van der Waals surface area contributed by atoms with E-state index < -0.39 is 17.4 Å². The van der Waals surface area contributed by atoms with E-state index in [1.807, 2.05) is 38.4 Å². The minimum absolute atomic E-state index is 0.184. The van der Waals surface area contributed by atoms with Crippen molar-refractivity contribution < 1.29 is 33.5 Å². The van der Waals surface area contributed by atoms with Crippen LogP contribution in [0.2, 0.25) is 0 Å². The van der Waals surface area contributed by atoms with Gasteiger partial charge in [0.25, 0.3) is 0 Å². The van der Waals surface area contributed by atoms with Crippen LogP contribution < -0.4 is 0 Å². The van der Waals surface area contributed by atoms with Crippen LogP contribution in [0.25, 0.3) is 11.4 Å². The third kappa shape index (κ3) is 8.47. The van der Waals surface area contributed by atoms with Gasteiger partial charge in [-0.05, 0) is 53.7 Å². The highest BCUT2D eigenvalue weighted by atomic mass is 16.7. The summed E-state index contributed by atoms with van der Waals surface area (Å²) in [4.78, 5) is 62.2. The SMILES string of the molecule is C=CCON1C(=O)N2CC(n3cc(C(C)=NCC(C)(C)OC(=O)OC(C)(C)CN=C(C)c4cnn(C5=CC6CN(C5)C(=O)N6OCC=C)c4)cn3)=CC1C2. The molecule has 17 heteroatoms. The van der Waals surface area contributed by atoms with Crippen LogP contribution in [0.15, 0.2) is 72.2 Å². The fourth-order valence-electron chi connectivity index (χ4n) is 6.30. The Morgan fingerprint density at radius 2 is 1.19 bits per heavy atom. The summed E-state index contributed by atoms with van der Waals surface area (Å²) in [5.74, 6) is 0. The Morgan fingerprint density at radius 1 is 0.778 bits per heavy atom. The Balaban J connectivity index is 0.996. The largest absolute Gasteiger partial charge is 0.509 e. The molecule has 2 atom stereocenters. The molecule has 17 nitrogen and oxygen atoms in total. The van der Waals surface area contributed by atoms with Crippen molar-refractivity contribution in [3.05, 3.63) is 73.4 Å². The molecule has 2 unspecified atom stereocenters. The van der Waals surface area contributed by atoms with Crippen molar-refractivity contribution in [2.75, 3.05) is 52.5 Å². The predicted molar refractivity (Wildman–Crippen MR) is 200 cm³/mol. The van der Waals surface area contributed by atoms with Crippen LogP contribution in [0.3, 0.4) is 0 Å². The third-order valence-corrected chi connectivity index (χ3v) is 9.18. The molecule has 288 valence electrons. The molecule has 0 aromatic carbocycles. The second-order valence-corrected chi connectivity index (χ2v) is 14.7. The summed E-state index contributed by atoms with van der Waals surface area (Å²) < 4.78 is 14.9. The molecule has 4 aliphatic heterocycles. The van der Waals surface area contributed by atoms with E-state index in [1.165, 1.54) is 10.1 Å². The molecule has 2 aromatic heterocycles. The quantitative estimate of drug-likeness (QED) is 0.139. The van der Waals surface area contributed by atoms with E-state index in [0.29, 0.717) is 37.6 Å². The molecule has 6 rings (SSSR count). The Kier molecular flexibility index (Phi) is 10.9. The maximum Gasteiger partial charge on any atom is 0.509 e. The number of hydrogen-bond acceptors (Lipinski definition) is 11. The number of ether oxygens (including phenoxy) is 2. The lowest BCUT2D eigenvalue weighted by atomic mass is 10.1. The molecule has 4 bridgehead atoms. The maximum absolute atomic E-state index is 12.9. The van der Waals surface area contributed by atoms with Crippen molar-refractivity contribution >= 4 is 41.0 Å². The van der Waals surface area contributed by atoms with Crippen molar-refractivity contribution in [2.45, 2.75) is 64.8 Å². The number of rotatable bonds is 16. The highest BCUT2D eigenvalue weighted by Gasteiger charge is 2.42. The summed E-state index contributed by atoms with van der Waals surface area (Å²) in [5, 5.41) is 11.8. The molecule has 0 spiro atoms. The van der Waals surface area contributed by atoms with Gasteiger partial charge in [-0.3, -0.25) is 19.7 Å². The van der Waals surface area contributed by atoms with E-state index in [-0.39, 0.29) is 50.4 Å². The van der Waals surface area contributed by atoms with Gasteiger partial charge in [-0.25, -0.2) is 23.7 Å². The van der Waals surface area contributed by atoms with Crippen LogP contribution >= 0.6 is 0 Å². The van der Waals surface area contributed by atoms with E-state index in [0.717, 1.165) is 22.5 Å². The van der Waals surface area contributed by atoms with Crippen LogP contribution in [0.4, 0.5) is 14.4 Å². The maximum atomic E-state index is 12.9. The summed E-state index contributed by atoms with van der Waals surface area (Å²) >= 11 is 0.